The maximum atomic E-state index is 10.8. The number of halogens is 1. The van der Waals surface area contributed by atoms with Gasteiger partial charge in [0.15, 0.2) is 0 Å². The molecule has 0 spiro atoms. The first-order chi connectivity index (χ1) is 7.54. The van der Waals surface area contributed by atoms with Crippen molar-refractivity contribution in [2.24, 2.45) is 0 Å². The topological polar surface area (TPSA) is 62.2 Å². The van der Waals surface area contributed by atoms with Crippen molar-refractivity contribution in [3.05, 3.63) is 22.8 Å². The second-order valence-electron chi connectivity index (χ2n) is 3.28. The number of hydrogen-bond donors (Lipinski definition) is 2. The second-order valence-corrected chi connectivity index (χ2v) is 4.97. The zero-order valence-electron chi connectivity index (χ0n) is 9.03. The van der Waals surface area contributed by atoms with Crippen molar-refractivity contribution in [2.45, 2.75) is 12.2 Å². The van der Waals surface area contributed by atoms with E-state index < -0.39 is 5.97 Å². The number of anilines is 1. The van der Waals surface area contributed by atoms with Crippen LogP contribution in [0.25, 0.3) is 0 Å². The van der Waals surface area contributed by atoms with Crippen molar-refractivity contribution >= 4 is 35.1 Å². The number of carbonyl (C=O) groups is 1. The van der Waals surface area contributed by atoms with Gasteiger partial charge in [0.25, 0.3) is 0 Å². The van der Waals surface area contributed by atoms with E-state index >= 15 is 0 Å². The van der Waals surface area contributed by atoms with Gasteiger partial charge in [0.05, 0.1) is 10.6 Å². The predicted octanol–water partition coefficient (Wildman–Crippen LogP) is 2.60. The van der Waals surface area contributed by atoms with Crippen LogP contribution in [0.1, 0.15) is 17.3 Å². The van der Waals surface area contributed by atoms with Crippen LogP contribution in [0.15, 0.2) is 12.3 Å². The van der Waals surface area contributed by atoms with Crippen LogP contribution in [0.3, 0.4) is 0 Å². The van der Waals surface area contributed by atoms with Crippen molar-refractivity contribution in [3.63, 3.8) is 0 Å². The van der Waals surface area contributed by atoms with Crippen LogP contribution in [-0.2, 0) is 0 Å². The minimum Gasteiger partial charge on any atom is -0.478 e. The number of carboxylic acid groups (broad SMARTS) is 1. The van der Waals surface area contributed by atoms with Crippen LogP contribution in [0, 0.1) is 0 Å². The molecule has 0 radical (unpaired) electrons. The third-order valence-electron chi connectivity index (χ3n) is 2.06. The van der Waals surface area contributed by atoms with Gasteiger partial charge in [-0.25, -0.2) is 9.78 Å². The Bertz CT molecular complexity index is 387. The van der Waals surface area contributed by atoms with E-state index in [4.69, 9.17) is 16.7 Å². The molecule has 0 aromatic carbocycles. The van der Waals surface area contributed by atoms with Gasteiger partial charge in [-0.05, 0) is 12.3 Å². The molecule has 1 aromatic rings. The third-order valence-corrected chi connectivity index (χ3v) is 3.33. The summed E-state index contributed by atoms with van der Waals surface area (Å²) in [5.74, 6) is -0.518. The summed E-state index contributed by atoms with van der Waals surface area (Å²) in [6.45, 7) is 2.81. The first-order valence-corrected chi connectivity index (χ1v) is 6.36. The molecule has 1 unspecified atom stereocenters. The highest BCUT2D eigenvalue weighted by Gasteiger charge is 2.10. The van der Waals surface area contributed by atoms with Crippen molar-refractivity contribution in [2.75, 3.05) is 18.1 Å². The SMILES string of the molecule is CSC(C)CNc1cc(C(=O)O)c(Cl)cn1. The Labute approximate surface area is 103 Å². The van der Waals surface area contributed by atoms with E-state index in [1.807, 2.05) is 6.26 Å². The summed E-state index contributed by atoms with van der Waals surface area (Å²) in [6, 6.07) is 1.44. The number of carboxylic acids is 1. The van der Waals surface area contributed by atoms with Crippen LogP contribution in [0.5, 0.6) is 0 Å². The minimum absolute atomic E-state index is 0.0657. The molecule has 1 aromatic heterocycles. The highest BCUT2D eigenvalue weighted by Crippen LogP contribution is 2.18. The molecule has 0 amide bonds. The normalized spacial score (nSPS) is 12.2. The summed E-state index contributed by atoms with van der Waals surface area (Å²) in [6.07, 6.45) is 3.36. The standard InChI is InChI=1S/C10H13ClN2O2S/c1-6(16-2)4-12-9-3-7(10(14)15)8(11)5-13-9/h3,5-6H,4H2,1-2H3,(H,12,13)(H,14,15). The van der Waals surface area contributed by atoms with E-state index in [1.165, 1.54) is 12.3 Å². The number of thioether (sulfide) groups is 1. The predicted molar refractivity (Wildman–Crippen MR) is 67.7 cm³/mol. The lowest BCUT2D eigenvalue weighted by molar-refractivity contribution is 0.0697. The molecule has 4 nitrogen and oxygen atoms in total. The number of aromatic nitrogens is 1. The van der Waals surface area contributed by atoms with E-state index in [1.54, 1.807) is 11.8 Å². The highest BCUT2D eigenvalue weighted by molar-refractivity contribution is 7.99. The fourth-order valence-corrected chi connectivity index (χ4v) is 1.47. The van der Waals surface area contributed by atoms with E-state index in [9.17, 15) is 4.79 Å². The Morgan fingerprint density at radius 1 is 1.75 bits per heavy atom. The molecule has 16 heavy (non-hydrogen) atoms. The first-order valence-electron chi connectivity index (χ1n) is 4.70. The first kappa shape index (κ1) is 13.1. The molecule has 1 atom stereocenters. The monoisotopic (exact) mass is 260 g/mol. The van der Waals surface area contributed by atoms with Crippen LogP contribution < -0.4 is 5.32 Å². The fraction of sp³-hybridized carbons (Fsp3) is 0.400. The average Bonchev–Trinajstić information content (AvgIpc) is 2.27. The molecule has 0 bridgehead atoms. The Balaban J connectivity index is 2.75. The zero-order chi connectivity index (χ0) is 12.1. The summed E-state index contributed by atoms with van der Waals surface area (Å²) < 4.78 is 0. The van der Waals surface area contributed by atoms with E-state index in [0.29, 0.717) is 11.1 Å². The van der Waals surface area contributed by atoms with Crippen LogP contribution in [0.4, 0.5) is 5.82 Å². The Morgan fingerprint density at radius 3 is 3.00 bits per heavy atom. The number of nitrogens with one attached hydrogen (secondary N) is 1. The maximum absolute atomic E-state index is 10.8. The fourth-order valence-electron chi connectivity index (χ4n) is 1.03. The zero-order valence-corrected chi connectivity index (χ0v) is 10.6. The van der Waals surface area contributed by atoms with Gasteiger partial charge in [-0.1, -0.05) is 18.5 Å². The van der Waals surface area contributed by atoms with Gasteiger partial charge < -0.3 is 10.4 Å². The third kappa shape index (κ3) is 3.57. The number of rotatable bonds is 5. The lowest BCUT2D eigenvalue weighted by Crippen LogP contribution is -2.14. The van der Waals surface area contributed by atoms with E-state index in [2.05, 4.69) is 17.2 Å². The van der Waals surface area contributed by atoms with Crippen molar-refractivity contribution in [1.82, 2.24) is 4.98 Å². The van der Waals surface area contributed by atoms with Crippen LogP contribution in [0.2, 0.25) is 5.02 Å². The summed E-state index contributed by atoms with van der Waals surface area (Å²) >= 11 is 7.43. The summed E-state index contributed by atoms with van der Waals surface area (Å²) in [4.78, 5) is 14.8. The van der Waals surface area contributed by atoms with Crippen molar-refractivity contribution in [3.8, 4) is 0 Å². The second kappa shape index (κ2) is 5.96. The van der Waals surface area contributed by atoms with E-state index in [0.717, 1.165) is 6.54 Å². The Hall–Kier alpha value is -0.940. The lowest BCUT2D eigenvalue weighted by atomic mass is 10.2. The molecule has 6 heteroatoms. The van der Waals surface area contributed by atoms with E-state index in [-0.39, 0.29) is 10.6 Å². The largest absolute Gasteiger partial charge is 0.478 e. The van der Waals surface area contributed by atoms with Crippen LogP contribution >= 0.6 is 23.4 Å². The molecule has 1 rings (SSSR count). The number of pyridine rings is 1. The molecule has 88 valence electrons. The van der Waals surface area contributed by atoms with Gasteiger partial charge in [0.2, 0.25) is 0 Å². The lowest BCUT2D eigenvalue weighted by Gasteiger charge is -2.10. The summed E-state index contributed by atoms with van der Waals surface area (Å²) in [5, 5.41) is 12.5. The minimum atomic E-state index is -1.05. The van der Waals surface area contributed by atoms with Gasteiger partial charge in [-0.15, -0.1) is 0 Å². The van der Waals surface area contributed by atoms with Gasteiger partial charge in [0, 0.05) is 18.0 Å². The number of nitrogens with zero attached hydrogens (tertiary/aromatic N) is 1. The molecular formula is C10H13ClN2O2S. The van der Waals surface area contributed by atoms with Gasteiger partial charge in [-0.3, -0.25) is 0 Å². The quantitative estimate of drug-likeness (QED) is 0.852. The Kier molecular flexibility index (Phi) is 4.89. The van der Waals surface area contributed by atoms with Crippen molar-refractivity contribution < 1.29 is 9.90 Å². The molecule has 1 heterocycles. The average molecular weight is 261 g/mol. The van der Waals surface area contributed by atoms with Gasteiger partial charge >= 0.3 is 5.97 Å². The van der Waals surface area contributed by atoms with Gasteiger partial charge in [0.1, 0.15) is 5.82 Å². The van der Waals surface area contributed by atoms with Gasteiger partial charge in [-0.2, -0.15) is 11.8 Å². The maximum Gasteiger partial charge on any atom is 0.337 e. The molecule has 0 aliphatic heterocycles. The molecule has 0 saturated heterocycles. The van der Waals surface area contributed by atoms with Crippen LogP contribution in [-0.4, -0.2) is 34.1 Å². The summed E-state index contributed by atoms with van der Waals surface area (Å²) in [5.41, 5.74) is 0.0657. The number of aromatic carboxylic acids is 1. The number of hydrogen-bond acceptors (Lipinski definition) is 4. The molecule has 0 fully saturated rings. The molecule has 2 N–H and O–H groups in total. The Morgan fingerprint density at radius 2 is 2.44 bits per heavy atom. The molecule has 0 aliphatic carbocycles. The molecule has 0 saturated carbocycles. The smallest absolute Gasteiger partial charge is 0.337 e. The molecular weight excluding hydrogens is 248 g/mol. The summed E-state index contributed by atoms with van der Waals surface area (Å²) in [7, 11) is 0. The molecule has 0 aliphatic rings. The highest BCUT2D eigenvalue weighted by atomic mass is 35.5. The van der Waals surface area contributed by atoms with Crippen molar-refractivity contribution in [1.29, 1.82) is 0 Å².